The van der Waals surface area contributed by atoms with Crippen LogP contribution in [0.2, 0.25) is 0 Å². The highest BCUT2D eigenvalue weighted by Crippen LogP contribution is 2.31. The molecule has 2 atom stereocenters. The Bertz CT molecular complexity index is 367. The van der Waals surface area contributed by atoms with Crippen molar-refractivity contribution in [1.29, 1.82) is 0 Å². The Morgan fingerprint density at radius 1 is 1.50 bits per heavy atom. The normalized spacial score (nSPS) is 22.6. The van der Waals surface area contributed by atoms with Gasteiger partial charge in [-0.1, -0.05) is 0 Å². The first-order valence-electron chi connectivity index (χ1n) is 5.95. The molecule has 0 radical (unpaired) electrons. The van der Waals surface area contributed by atoms with E-state index in [1.807, 2.05) is 18.8 Å². The van der Waals surface area contributed by atoms with E-state index in [1.165, 1.54) is 34.9 Å². The molecule has 90 valence electrons. The van der Waals surface area contributed by atoms with Gasteiger partial charge in [-0.2, -0.15) is 16.9 Å². The van der Waals surface area contributed by atoms with Gasteiger partial charge in [0.1, 0.15) is 0 Å². The first-order valence-corrected chi connectivity index (χ1v) is 7.11. The molecule has 1 aromatic rings. The van der Waals surface area contributed by atoms with Gasteiger partial charge >= 0.3 is 0 Å². The SMILES string of the molecule is CNC(C)c1c(C)nn(C2CCSC2)c1C. The fourth-order valence-electron chi connectivity index (χ4n) is 2.52. The van der Waals surface area contributed by atoms with Crippen LogP contribution in [0.25, 0.3) is 0 Å². The number of nitrogens with zero attached hydrogens (tertiary/aromatic N) is 2. The Labute approximate surface area is 102 Å². The van der Waals surface area contributed by atoms with Crippen molar-refractivity contribution in [2.75, 3.05) is 18.6 Å². The average molecular weight is 239 g/mol. The number of thioether (sulfide) groups is 1. The van der Waals surface area contributed by atoms with Crippen molar-refractivity contribution in [3.05, 3.63) is 17.0 Å². The van der Waals surface area contributed by atoms with Crippen molar-refractivity contribution < 1.29 is 0 Å². The lowest BCUT2D eigenvalue weighted by Gasteiger charge is -2.14. The van der Waals surface area contributed by atoms with Crippen molar-refractivity contribution >= 4 is 11.8 Å². The highest BCUT2D eigenvalue weighted by molar-refractivity contribution is 7.99. The van der Waals surface area contributed by atoms with Crippen LogP contribution in [-0.2, 0) is 0 Å². The monoisotopic (exact) mass is 239 g/mol. The minimum atomic E-state index is 0.391. The zero-order valence-electron chi connectivity index (χ0n) is 10.6. The van der Waals surface area contributed by atoms with Crippen molar-refractivity contribution in [2.45, 2.75) is 39.3 Å². The fourth-order valence-corrected chi connectivity index (χ4v) is 3.70. The lowest BCUT2D eigenvalue weighted by Crippen LogP contribution is -2.15. The van der Waals surface area contributed by atoms with Gasteiger partial charge in [-0.05, 0) is 40.0 Å². The molecule has 2 rings (SSSR count). The van der Waals surface area contributed by atoms with Gasteiger partial charge in [-0.25, -0.2) is 0 Å². The molecule has 0 spiro atoms. The number of aryl methyl sites for hydroxylation is 1. The van der Waals surface area contributed by atoms with E-state index in [0.29, 0.717) is 12.1 Å². The molecule has 0 aromatic carbocycles. The Morgan fingerprint density at radius 2 is 2.25 bits per heavy atom. The molecule has 0 saturated carbocycles. The topological polar surface area (TPSA) is 29.9 Å². The van der Waals surface area contributed by atoms with Crippen LogP contribution in [0.15, 0.2) is 0 Å². The van der Waals surface area contributed by atoms with Crippen molar-refractivity contribution in [1.82, 2.24) is 15.1 Å². The maximum atomic E-state index is 4.72. The molecule has 1 N–H and O–H groups in total. The fraction of sp³-hybridized carbons (Fsp3) is 0.750. The number of hydrogen-bond acceptors (Lipinski definition) is 3. The Morgan fingerprint density at radius 3 is 2.81 bits per heavy atom. The molecular weight excluding hydrogens is 218 g/mol. The third-order valence-corrected chi connectivity index (χ3v) is 4.64. The van der Waals surface area contributed by atoms with E-state index in [2.05, 4.69) is 30.8 Å². The summed E-state index contributed by atoms with van der Waals surface area (Å²) in [6, 6.07) is 1.00. The summed E-state index contributed by atoms with van der Waals surface area (Å²) in [5.41, 5.74) is 3.89. The molecule has 1 aliphatic rings. The average Bonchev–Trinajstić information content (AvgIpc) is 2.86. The Hall–Kier alpha value is -0.480. The maximum absolute atomic E-state index is 4.72. The molecule has 1 aliphatic heterocycles. The van der Waals surface area contributed by atoms with Crippen molar-refractivity contribution in [2.24, 2.45) is 0 Å². The van der Waals surface area contributed by atoms with Crippen LogP contribution in [0.1, 0.15) is 42.4 Å². The summed E-state index contributed by atoms with van der Waals surface area (Å²) >= 11 is 2.04. The summed E-state index contributed by atoms with van der Waals surface area (Å²) in [7, 11) is 2.01. The zero-order valence-corrected chi connectivity index (χ0v) is 11.4. The third-order valence-electron chi connectivity index (χ3n) is 3.50. The van der Waals surface area contributed by atoms with Crippen molar-refractivity contribution in [3.8, 4) is 0 Å². The molecule has 1 saturated heterocycles. The van der Waals surface area contributed by atoms with E-state index in [9.17, 15) is 0 Å². The highest BCUT2D eigenvalue weighted by Gasteiger charge is 2.23. The summed E-state index contributed by atoms with van der Waals surface area (Å²) in [5.74, 6) is 2.50. The number of aromatic nitrogens is 2. The van der Waals surface area contributed by atoms with E-state index >= 15 is 0 Å². The summed E-state index contributed by atoms with van der Waals surface area (Å²) < 4.78 is 2.25. The smallest absolute Gasteiger partial charge is 0.0644 e. The number of nitrogens with one attached hydrogen (secondary N) is 1. The van der Waals surface area contributed by atoms with Gasteiger partial charge in [0.05, 0.1) is 11.7 Å². The van der Waals surface area contributed by atoms with Gasteiger partial charge in [0, 0.05) is 23.1 Å². The van der Waals surface area contributed by atoms with Gasteiger partial charge in [0.25, 0.3) is 0 Å². The molecular formula is C12H21N3S. The molecule has 2 heterocycles. The van der Waals surface area contributed by atoms with E-state index in [4.69, 9.17) is 5.10 Å². The summed E-state index contributed by atoms with van der Waals surface area (Å²) in [5, 5.41) is 8.03. The first kappa shape index (κ1) is 12.0. The van der Waals surface area contributed by atoms with Gasteiger partial charge in [0.2, 0.25) is 0 Å². The molecule has 16 heavy (non-hydrogen) atoms. The Kier molecular flexibility index (Phi) is 3.60. The zero-order chi connectivity index (χ0) is 11.7. The molecule has 0 aliphatic carbocycles. The quantitative estimate of drug-likeness (QED) is 0.878. The lowest BCUT2D eigenvalue weighted by atomic mass is 10.1. The molecule has 4 heteroatoms. The maximum Gasteiger partial charge on any atom is 0.0644 e. The second kappa shape index (κ2) is 4.80. The summed E-state index contributed by atoms with van der Waals surface area (Å²) in [4.78, 5) is 0. The molecule has 1 fully saturated rings. The summed E-state index contributed by atoms with van der Waals surface area (Å²) in [6.45, 7) is 6.52. The van der Waals surface area contributed by atoms with E-state index in [0.717, 1.165) is 0 Å². The molecule has 3 nitrogen and oxygen atoms in total. The van der Waals surface area contributed by atoms with Crippen LogP contribution in [-0.4, -0.2) is 28.3 Å². The van der Waals surface area contributed by atoms with E-state index in [-0.39, 0.29) is 0 Å². The largest absolute Gasteiger partial charge is 0.313 e. The highest BCUT2D eigenvalue weighted by atomic mass is 32.2. The van der Waals surface area contributed by atoms with Crippen LogP contribution < -0.4 is 5.32 Å². The van der Waals surface area contributed by atoms with Crippen LogP contribution in [0.4, 0.5) is 0 Å². The van der Waals surface area contributed by atoms with Crippen LogP contribution >= 0.6 is 11.8 Å². The molecule has 2 unspecified atom stereocenters. The van der Waals surface area contributed by atoms with E-state index in [1.54, 1.807) is 0 Å². The van der Waals surface area contributed by atoms with Gasteiger partial charge < -0.3 is 5.32 Å². The van der Waals surface area contributed by atoms with Crippen LogP contribution in [0.3, 0.4) is 0 Å². The molecule has 0 amide bonds. The van der Waals surface area contributed by atoms with Gasteiger partial charge in [-0.3, -0.25) is 4.68 Å². The second-order valence-electron chi connectivity index (χ2n) is 4.56. The molecule has 1 aromatic heterocycles. The van der Waals surface area contributed by atoms with Crippen molar-refractivity contribution in [3.63, 3.8) is 0 Å². The van der Waals surface area contributed by atoms with Crippen LogP contribution in [0, 0.1) is 13.8 Å². The Balaban J connectivity index is 2.33. The lowest BCUT2D eigenvalue weighted by molar-refractivity contribution is 0.486. The minimum absolute atomic E-state index is 0.391. The summed E-state index contributed by atoms with van der Waals surface area (Å²) in [6.07, 6.45) is 1.26. The predicted octanol–water partition coefficient (Wildman–Crippen LogP) is 2.46. The predicted molar refractivity (Wildman–Crippen MR) is 70.2 cm³/mol. The van der Waals surface area contributed by atoms with Crippen LogP contribution in [0.5, 0.6) is 0 Å². The standard InChI is InChI=1S/C12H21N3S/c1-8(13-4)12-9(2)14-15(10(12)3)11-5-6-16-7-11/h8,11,13H,5-7H2,1-4H3. The number of hydrogen-bond donors (Lipinski definition) is 1. The van der Waals surface area contributed by atoms with Gasteiger partial charge in [-0.15, -0.1) is 0 Å². The third kappa shape index (κ3) is 2.00. The first-order chi connectivity index (χ1) is 7.65. The molecule has 0 bridgehead atoms. The van der Waals surface area contributed by atoms with E-state index < -0.39 is 0 Å². The second-order valence-corrected chi connectivity index (χ2v) is 5.71. The van der Waals surface area contributed by atoms with Gasteiger partial charge in [0.15, 0.2) is 0 Å². The number of rotatable bonds is 3. The minimum Gasteiger partial charge on any atom is -0.313 e.